The predicted octanol–water partition coefficient (Wildman–Crippen LogP) is 19.0. The lowest BCUT2D eigenvalue weighted by Gasteiger charge is -2.44. The van der Waals surface area contributed by atoms with Crippen molar-refractivity contribution in [3.8, 4) is 0 Å². The Morgan fingerprint density at radius 1 is 0.250 bits per heavy atom. The van der Waals surface area contributed by atoms with Gasteiger partial charge in [0.05, 0.1) is 24.4 Å². The maximum Gasteiger partial charge on any atom is 0.200 e. The van der Waals surface area contributed by atoms with Crippen LogP contribution >= 0.6 is 0 Å². The van der Waals surface area contributed by atoms with Crippen LogP contribution in [0.15, 0.2) is 50.6 Å². The quantitative estimate of drug-likeness (QED) is 0.0601. The van der Waals surface area contributed by atoms with Crippen LogP contribution in [0.25, 0.3) is 0 Å². The average Bonchev–Trinajstić information content (AvgIpc) is 3.22. The summed E-state index contributed by atoms with van der Waals surface area (Å²) in [6.45, 7) is 82.7. The van der Waals surface area contributed by atoms with Gasteiger partial charge in [0.1, 0.15) is 0 Å². The van der Waals surface area contributed by atoms with Crippen molar-refractivity contribution in [3.05, 3.63) is 50.6 Å². The number of hydrogen-bond donors (Lipinski definition) is 2. The minimum absolute atomic E-state index is 0.161. The van der Waals surface area contributed by atoms with Crippen LogP contribution in [0, 0.1) is 11.8 Å². The van der Waals surface area contributed by atoms with Crippen molar-refractivity contribution < 1.29 is 27.9 Å². The van der Waals surface area contributed by atoms with Crippen LogP contribution in [-0.4, -0.2) is 80.1 Å². The highest BCUT2D eigenvalue weighted by molar-refractivity contribution is 6.79. The first-order valence-electron chi connectivity index (χ1n) is 27.4. The van der Waals surface area contributed by atoms with E-state index in [0.29, 0.717) is 78.3 Å². The first kappa shape index (κ1) is 74.1. The fourth-order valence-corrected chi connectivity index (χ4v) is 34.6. The lowest BCUT2D eigenvalue weighted by atomic mass is 10.1. The topological polar surface area (TPSA) is 77.4 Å². The number of hydrogen-bond acceptors (Lipinski definition) is 6. The lowest BCUT2D eigenvalue weighted by Crippen LogP contribution is -2.51. The highest BCUT2D eigenvalue weighted by Crippen LogP contribution is 2.46. The molecule has 0 unspecified atom stereocenters. The van der Waals surface area contributed by atoms with Crippen molar-refractivity contribution in [2.75, 3.05) is 0 Å². The van der Waals surface area contributed by atoms with Crippen LogP contribution in [0.1, 0.15) is 208 Å². The van der Waals surface area contributed by atoms with E-state index in [2.05, 4.69) is 220 Å². The van der Waals surface area contributed by atoms with Gasteiger partial charge in [-0.3, -0.25) is 0 Å². The Balaban J connectivity index is -0.000000402. The Kier molecular flexibility index (Phi) is 37.2. The van der Waals surface area contributed by atoms with Crippen molar-refractivity contribution in [1.82, 2.24) is 0 Å². The molecular weight excluding hydrogens is 905 g/mol. The van der Waals surface area contributed by atoms with Gasteiger partial charge in [0.25, 0.3) is 0 Å². The molecule has 0 spiro atoms. The monoisotopic (exact) mass is 1030 g/mol. The summed E-state index contributed by atoms with van der Waals surface area (Å²) in [6.07, 6.45) is 6.23. The molecule has 0 saturated carbocycles. The predicted molar refractivity (Wildman–Crippen MR) is 318 cm³/mol. The molecule has 6 nitrogen and oxygen atoms in total. The van der Waals surface area contributed by atoms with Gasteiger partial charge in [-0.05, 0) is 106 Å². The van der Waals surface area contributed by atoms with Gasteiger partial charge in [-0.25, -0.2) is 0 Å². The van der Waals surface area contributed by atoms with Crippen LogP contribution in [0.5, 0.6) is 0 Å². The fraction of sp³-hybridized carbons (Fsp3) is 0.862. The molecule has 0 saturated heterocycles. The van der Waals surface area contributed by atoms with Crippen LogP contribution in [-0.2, 0) is 17.7 Å². The number of aliphatic hydroxyl groups excluding tert-OH is 2. The largest absolute Gasteiger partial charge is 0.413 e. The summed E-state index contributed by atoms with van der Waals surface area (Å²) < 4.78 is 26.1. The van der Waals surface area contributed by atoms with Gasteiger partial charge in [0.2, 0.25) is 33.3 Å². The second-order valence-electron chi connectivity index (χ2n) is 24.2. The van der Waals surface area contributed by atoms with E-state index in [-0.39, 0.29) is 24.4 Å². The molecule has 0 aliphatic carbocycles. The van der Waals surface area contributed by atoms with E-state index in [4.69, 9.17) is 17.7 Å². The third-order valence-corrected chi connectivity index (χ3v) is 40.8. The zero-order valence-corrected chi connectivity index (χ0v) is 55.2. The zero-order chi connectivity index (χ0) is 55.2. The van der Waals surface area contributed by atoms with Crippen LogP contribution in [0.4, 0.5) is 0 Å². The van der Waals surface area contributed by atoms with Gasteiger partial charge in [-0.2, -0.15) is 0 Å². The van der Waals surface area contributed by atoms with E-state index < -0.39 is 45.5 Å². The molecule has 0 aliphatic heterocycles. The molecule has 0 aromatic carbocycles. The van der Waals surface area contributed by atoms with Gasteiger partial charge in [0, 0.05) is 12.2 Å². The van der Waals surface area contributed by atoms with Crippen molar-refractivity contribution in [2.45, 2.75) is 311 Å². The molecule has 8 atom stereocenters. The van der Waals surface area contributed by atoms with E-state index in [1.54, 1.807) is 12.2 Å². The smallest absolute Gasteiger partial charge is 0.200 e. The molecule has 0 aliphatic rings. The zero-order valence-electron chi connectivity index (χ0n) is 51.2. The van der Waals surface area contributed by atoms with Crippen molar-refractivity contribution in [2.24, 2.45) is 11.8 Å². The lowest BCUT2D eigenvalue weighted by molar-refractivity contribution is 0.0663. The fourth-order valence-electron chi connectivity index (χ4n) is 12.0. The van der Waals surface area contributed by atoms with Gasteiger partial charge in [-0.15, -0.1) is 26.3 Å². The Bertz CT molecular complexity index is 1050. The van der Waals surface area contributed by atoms with Crippen molar-refractivity contribution >= 4 is 33.3 Å². The van der Waals surface area contributed by atoms with E-state index in [1.807, 2.05) is 26.0 Å². The molecule has 10 heteroatoms. The van der Waals surface area contributed by atoms with E-state index >= 15 is 0 Å². The summed E-state index contributed by atoms with van der Waals surface area (Å²) in [5, 5.41) is 19.6. The Morgan fingerprint density at radius 3 is 0.485 bits per heavy atom. The van der Waals surface area contributed by atoms with Gasteiger partial charge in [-0.1, -0.05) is 204 Å². The highest BCUT2D eigenvalue weighted by Gasteiger charge is 2.49. The molecule has 0 fully saturated rings. The minimum atomic E-state index is -1.88. The maximum atomic E-state index is 9.81. The molecular formula is C58H124O6Si4. The Labute approximate surface area is 432 Å². The first-order chi connectivity index (χ1) is 30.8. The van der Waals surface area contributed by atoms with Crippen LogP contribution in [0.2, 0.25) is 66.5 Å². The van der Waals surface area contributed by atoms with Gasteiger partial charge >= 0.3 is 0 Å². The van der Waals surface area contributed by atoms with E-state index in [0.717, 1.165) is 0 Å². The molecule has 0 rings (SSSR count). The summed E-state index contributed by atoms with van der Waals surface area (Å²) in [5.74, 6) is 0.858. The molecule has 2 N–H and O–H groups in total. The molecule has 0 heterocycles. The van der Waals surface area contributed by atoms with Crippen molar-refractivity contribution in [1.29, 1.82) is 0 Å². The first-order valence-corrected chi connectivity index (χ1v) is 35.9. The summed E-state index contributed by atoms with van der Waals surface area (Å²) in [4.78, 5) is 0. The molecule has 0 amide bonds. The average molecular weight is 1030 g/mol. The molecule has 408 valence electrons. The normalized spacial score (nSPS) is 16.6. The van der Waals surface area contributed by atoms with Gasteiger partial charge < -0.3 is 27.9 Å². The molecule has 0 aromatic heterocycles. The SMILES string of the molecule is C=C[C@@H](C)[C@H](C)O[Si](C(C)C)(C(C)C)C(C)C.C=C[C@@H](O)[C@H](C)O[Si](C(C)C)(C(C)C)C(C)C.C=C[C@H](C)[C@H](C)O[Si](C(C)C)(C(C)C)C(C)C.C=C[C@H](O)[C@H](C)O[Si](C(C)C)(C(C)C)C(C)C. The molecule has 0 bridgehead atoms. The summed E-state index contributed by atoms with van der Waals surface area (Å²) >= 11 is 0. The van der Waals surface area contributed by atoms with Gasteiger partial charge in [0.15, 0.2) is 0 Å². The van der Waals surface area contributed by atoms with E-state index in [1.165, 1.54) is 0 Å². The van der Waals surface area contributed by atoms with Crippen LogP contribution in [0.3, 0.4) is 0 Å². The van der Waals surface area contributed by atoms with E-state index in [9.17, 15) is 10.2 Å². The second kappa shape index (κ2) is 34.1. The Hall–Kier alpha value is -0.412. The molecule has 0 aromatic rings. The third-order valence-electron chi connectivity index (χ3n) is 16.1. The summed E-state index contributed by atoms with van der Waals surface area (Å²) in [5.41, 5.74) is 7.19. The molecule has 68 heavy (non-hydrogen) atoms. The highest BCUT2D eigenvalue weighted by atomic mass is 28.4. The Morgan fingerprint density at radius 2 is 0.382 bits per heavy atom. The number of aliphatic hydroxyl groups is 2. The van der Waals surface area contributed by atoms with Crippen LogP contribution < -0.4 is 0 Å². The summed E-state index contributed by atoms with van der Waals surface area (Å²) in [6, 6.07) is 0. The second-order valence-corrected chi connectivity index (χ2v) is 45.8. The molecule has 0 radical (unpaired) electrons. The minimum Gasteiger partial charge on any atom is -0.413 e. The summed E-state index contributed by atoms with van der Waals surface area (Å²) in [7, 11) is -7.19. The number of rotatable bonds is 28. The third kappa shape index (κ3) is 20.5. The maximum absolute atomic E-state index is 9.81. The van der Waals surface area contributed by atoms with Crippen molar-refractivity contribution in [3.63, 3.8) is 0 Å². The standard InChI is InChI=1S/2C15H32OSi.2C14H30O2Si/c2*1-10-14(8)15(9)16-17(11(2)3,12(4)5)13(6)7;2*1-9-14(15)13(8)16-17(10(2)3,11(4)5)12(6)7/h2*10-15H,1H2,2-9H3;2*9-15H,1H2,2-8H3/t14-,15+;14-,15-;13-,14+;13-,14-/m1000/s1.